The second kappa shape index (κ2) is 9.74. The summed E-state index contributed by atoms with van der Waals surface area (Å²) in [4.78, 5) is 24.9. The molecule has 0 atom stereocenters. The van der Waals surface area contributed by atoms with E-state index in [1.165, 1.54) is 0 Å². The number of phenols is 2. The molecule has 0 spiro atoms. The fourth-order valence-corrected chi connectivity index (χ4v) is 3.56. The summed E-state index contributed by atoms with van der Waals surface area (Å²) in [5.74, 6) is 5.36. The van der Waals surface area contributed by atoms with Crippen molar-refractivity contribution in [1.82, 2.24) is 5.01 Å². The third-order valence-corrected chi connectivity index (χ3v) is 5.53. The Bertz CT molecular complexity index is 905. The lowest BCUT2D eigenvalue weighted by atomic mass is 9.85. The maximum atomic E-state index is 12.4. The molecule has 6 nitrogen and oxygen atoms in total. The van der Waals surface area contributed by atoms with Crippen LogP contribution in [0.15, 0.2) is 36.4 Å². The van der Waals surface area contributed by atoms with Crippen molar-refractivity contribution in [3.05, 3.63) is 58.7 Å². The maximum Gasteiger partial charge on any atom is 0.243 e. The molecule has 2 rings (SSSR count). The van der Waals surface area contributed by atoms with Crippen LogP contribution in [-0.2, 0) is 33.3 Å². The molecule has 32 heavy (non-hydrogen) atoms. The summed E-state index contributed by atoms with van der Waals surface area (Å²) in [6, 6.07) is 10.6. The van der Waals surface area contributed by atoms with E-state index >= 15 is 0 Å². The number of rotatable bonds is 6. The van der Waals surface area contributed by atoms with E-state index in [1.807, 2.05) is 53.7 Å². The summed E-state index contributed by atoms with van der Waals surface area (Å²) in [5, 5.41) is 20.9. The lowest BCUT2D eigenvalue weighted by Crippen LogP contribution is -2.42. The van der Waals surface area contributed by atoms with E-state index in [0.29, 0.717) is 17.9 Å². The average molecular weight is 441 g/mol. The molecule has 0 heterocycles. The molecule has 0 fully saturated rings. The maximum absolute atomic E-state index is 12.4. The Hall–Kier alpha value is -2.86. The molecule has 2 amide bonds. The molecule has 0 aromatic heterocycles. The number of hydrazine groups is 1. The molecule has 0 saturated carbocycles. The van der Waals surface area contributed by atoms with E-state index in [1.54, 1.807) is 24.3 Å². The molecule has 0 aliphatic heterocycles. The number of nitrogens with zero attached hydrogens (tertiary/aromatic N) is 1. The minimum atomic E-state index is -0.443. The Morgan fingerprint density at radius 2 is 1.09 bits per heavy atom. The number of hydrogen-bond acceptors (Lipinski definition) is 5. The van der Waals surface area contributed by atoms with Gasteiger partial charge in [-0.25, -0.2) is 10.9 Å². The molecule has 0 unspecified atom stereocenters. The largest absolute Gasteiger partial charge is 0.508 e. The number of aromatic hydroxyl groups is 2. The predicted molar refractivity (Wildman–Crippen MR) is 126 cm³/mol. The van der Waals surface area contributed by atoms with Crippen molar-refractivity contribution in [3.63, 3.8) is 0 Å². The van der Waals surface area contributed by atoms with Gasteiger partial charge < -0.3 is 10.2 Å². The first kappa shape index (κ1) is 25.4. The third kappa shape index (κ3) is 6.57. The van der Waals surface area contributed by atoms with Gasteiger partial charge in [-0.1, -0.05) is 65.8 Å². The van der Waals surface area contributed by atoms with E-state index in [2.05, 4.69) is 0 Å². The van der Waals surface area contributed by atoms with Gasteiger partial charge in [0, 0.05) is 12.8 Å². The third-order valence-electron chi connectivity index (χ3n) is 5.53. The fourth-order valence-electron chi connectivity index (χ4n) is 3.56. The highest BCUT2D eigenvalue weighted by atomic mass is 16.3. The quantitative estimate of drug-likeness (QED) is 0.349. The molecule has 2 aromatic carbocycles. The number of carbonyl (C=O) groups is 2. The first-order chi connectivity index (χ1) is 14.7. The van der Waals surface area contributed by atoms with Crippen LogP contribution >= 0.6 is 0 Å². The second-order valence-electron chi connectivity index (χ2n) is 10.4. The molecule has 6 heteroatoms. The lowest BCUT2D eigenvalue weighted by Gasteiger charge is -2.21. The summed E-state index contributed by atoms with van der Waals surface area (Å²) in [5.41, 5.74) is 2.99. The number of carbonyl (C=O) groups excluding carboxylic acids is 2. The number of phenolic OH excluding ortho intramolecular Hbond substituents is 2. The van der Waals surface area contributed by atoms with E-state index in [9.17, 15) is 19.8 Å². The van der Waals surface area contributed by atoms with Crippen molar-refractivity contribution >= 4 is 11.8 Å². The molecule has 0 aliphatic rings. The van der Waals surface area contributed by atoms with E-state index in [4.69, 9.17) is 5.84 Å². The summed E-state index contributed by atoms with van der Waals surface area (Å²) in [6.45, 7) is 12.1. The van der Waals surface area contributed by atoms with Crippen LogP contribution in [0.5, 0.6) is 11.5 Å². The van der Waals surface area contributed by atoms with Crippen LogP contribution in [0.3, 0.4) is 0 Å². The van der Waals surface area contributed by atoms with E-state index in [0.717, 1.165) is 22.3 Å². The van der Waals surface area contributed by atoms with Crippen LogP contribution in [0.2, 0.25) is 0 Å². The fraction of sp³-hybridized carbons (Fsp3) is 0.462. The van der Waals surface area contributed by atoms with Crippen LogP contribution in [0.25, 0.3) is 0 Å². The highest BCUT2D eigenvalue weighted by molar-refractivity contribution is 5.94. The molecule has 0 bridgehead atoms. The van der Waals surface area contributed by atoms with Crippen molar-refractivity contribution in [1.29, 1.82) is 0 Å². The first-order valence-electron chi connectivity index (χ1n) is 11.0. The van der Waals surface area contributed by atoms with Gasteiger partial charge in [-0.05, 0) is 58.1 Å². The average Bonchev–Trinajstić information content (AvgIpc) is 2.69. The van der Waals surface area contributed by atoms with Gasteiger partial charge in [0.1, 0.15) is 11.5 Å². The molecule has 0 saturated heterocycles. The van der Waals surface area contributed by atoms with Gasteiger partial charge in [-0.15, -0.1) is 0 Å². The smallest absolute Gasteiger partial charge is 0.243 e. The standard InChI is InChI=1S/C26H36N2O4/c1-25(2,3)19-15-17(7-11-21(19)29)9-13-23(31)28(27)24(32)14-10-18-8-12-22(30)20(16-18)26(4,5)6/h7-8,11-12,15-16,29-30H,9-10,13-14,27H2,1-6H3. The lowest BCUT2D eigenvalue weighted by molar-refractivity contribution is -0.145. The SMILES string of the molecule is CC(C)(C)c1cc(CCC(=O)N(N)C(=O)CCc2ccc(O)c(C(C)(C)C)c2)ccc1O. The molecule has 4 N–H and O–H groups in total. The number of nitrogens with two attached hydrogens (primary N) is 1. The van der Waals surface area contributed by atoms with Gasteiger partial charge in [0.15, 0.2) is 0 Å². The van der Waals surface area contributed by atoms with Gasteiger partial charge in [-0.2, -0.15) is 0 Å². The van der Waals surface area contributed by atoms with E-state index < -0.39 is 11.8 Å². The summed E-state index contributed by atoms with van der Waals surface area (Å²) in [6.07, 6.45) is 1.06. The minimum Gasteiger partial charge on any atom is -0.508 e. The highest BCUT2D eigenvalue weighted by Crippen LogP contribution is 2.32. The first-order valence-corrected chi connectivity index (χ1v) is 11.0. The zero-order valence-corrected chi connectivity index (χ0v) is 20.0. The monoisotopic (exact) mass is 440 g/mol. The molecule has 2 aromatic rings. The highest BCUT2D eigenvalue weighted by Gasteiger charge is 2.22. The molecule has 0 radical (unpaired) electrons. The van der Waals surface area contributed by atoms with Crippen LogP contribution in [-0.4, -0.2) is 27.0 Å². The van der Waals surface area contributed by atoms with Crippen LogP contribution in [0, 0.1) is 0 Å². The molecule has 0 aliphatic carbocycles. The molecule has 174 valence electrons. The van der Waals surface area contributed by atoms with Gasteiger partial charge in [0.05, 0.1) is 0 Å². The van der Waals surface area contributed by atoms with Crippen molar-refractivity contribution in [3.8, 4) is 11.5 Å². The minimum absolute atomic E-state index is 0.101. The Kier molecular flexibility index (Phi) is 7.73. The van der Waals surface area contributed by atoms with Crippen LogP contribution in [0.4, 0.5) is 0 Å². The zero-order valence-electron chi connectivity index (χ0n) is 20.0. The molecular weight excluding hydrogens is 404 g/mol. The number of amides is 2. The Morgan fingerprint density at radius 3 is 1.41 bits per heavy atom. The summed E-state index contributed by atoms with van der Waals surface area (Å²) < 4.78 is 0. The van der Waals surface area contributed by atoms with Crippen molar-refractivity contribution < 1.29 is 19.8 Å². The second-order valence-corrected chi connectivity index (χ2v) is 10.4. The van der Waals surface area contributed by atoms with Crippen molar-refractivity contribution in [2.24, 2.45) is 5.84 Å². The van der Waals surface area contributed by atoms with Gasteiger partial charge in [0.2, 0.25) is 11.8 Å². The number of benzene rings is 2. The van der Waals surface area contributed by atoms with Gasteiger partial charge >= 0.3 is 0 Å². The van der Waals surface area contributed by atoms with Crippen molar-refractivity contribution in [2.45, 2.75) is 78.1 Å². The number of aryl methyl sites for hydroxylation is 2. The Balaban J connectivity index is 1.95. The number of imide groups is 1. The van der Waals surface area contributed by atoms with E-state index in [-0.39, 0.29) is 35.2 Å². The normalized spacial score (nSPS) is 12.0. The van der Waals surface area contributed by atoms with Crippen LogP contribution in [0.1, 0.15) is 76.6 Å². The molecular formula is C26H36N2O4. The predicted octanol–water partition coefficient (Wildman–Crippen LogP) is 4.49. The number of hydrogen-bond donors (Lipinski definition) is 3. The Morgan fingerprint density at radius 1 is 0.750 bits per heavy atom. The Labute approximate surface area is 191 Å². The van der Waals surface area contributed by atoms with Gasteiger partial charge in [-0.3, -0.25) is 9.59 Å². The van der Waals surface area contributed by atoms with Crippen molar-refractivity contribution in [2.75, 3.05) is 0 Å². The summed E-state index contributed by atoms with van der Waals surface area (Å²) in [7, 11) is 0. The summed E-state index contributed by atoms with van der Waals surface area (Å²) >= 11 is 0. The van der Waals surface area contributed by atoms with Crippen LogP contribution < -0.4 is 5.84 Å². The zero-order chi connectivity index (χ0) is 24.3. The van der Waals surface area contributed by atoms with Gasteiger partial charge in [0.25, 0.3) is 0 Å². The topological polar surface area (TPSA) is 104 Å².